The maximum Gasteiger partial charge on any atom is 0.419 e. The number of ether oxygens (including phenoxy) is 3. The van der Waals surface area contributed by atoms with Crippen molar-refractivity contribution in [2.45, 2.75) is 65.6 Å². The lowest BCUT2D eigenvalue weighted by Crippen LogP contribution is -2.25. The fourth-order valence-electron chi connectivity index (χ4n) is 6.03. The Bertz CT molecular complexity index is 1610. The maximum absolute atomic E-state index is 13.8. The molecule has 2 heterocycles. The van der Waals surface area contributed by atoms with Gasteiger partial charge in [-0.25, -0.2) is 9.37 Å². The zero-order valence-corrected chi connectivity index (χ0v) is 28.1. The highest BCUT2D eigenvalue weighted by Gasteiger charge is 2.34. The van der Waals surface area contributed by atoms with E-state index in [1.807, 2.05) is 24.3 Å². The topological polar surface area (TPSA) is 52.0 Å². The number of unbranched alkanes of at least 4 members (excludes halogenated alkanes) is 1. The quantitative estimate of drug-likeness (QED) is 0.0826. The van der Waals surface area contributed by atoms with E-state index in [4.69, 9.17) is 19.2 Å². The van der Waals surface area contributed by atoms with Gasteiger partial charge in [-0.1, -0.05) is 27.2 Å². The van der Waals surface area contributed by atoms with Gasteiger partial charge < -0.3 is 23.7 Å². The van der Waals surface area contributed by atoms with E-state index in [9.17, 15) is 17.6 Å². The van der Waals surface area contributed by atoms with E-state index < -0.39 is 17.6 Å². The van der Waals surface area contributed by atoms with Crippen molar-refractivity contribution in [3.63, 3.8) is 0 Å². The monoisotopic (exact) mass is 670 g/mol. The Hall–Kier alpha value is -3.83. The molecule has 0 N–H and O–H groups in total. The fourth-order valence-corrected chi connectivity index (χ4v) is 6.03. The normalized spacial score (nSPS) is 13.9. The lowest BCUT2D eigenvalue weighted by Gasteiger charge is -2.18. The summed E-state index contributed by atoms with van der Waals surface area (Å²) in [5.41, 5.74) is 1.12. The van der Waals surface area contributed by atoms with Crippen LogP contribution in [0.4, 0.5) is 17.6 Å². The second-order valence-corrected chi connectivity index (χ2v) is 12.1. The molecular formula is C37H46F4N4O3. The van der Waals surface area contributed by atoms with Crippen molar-refractivity contribution >= 4 is 11.0 Å². The molecule has 5 rings (SSSR count). The molecule has 3 aromatic carbocycles. The fraction of sp³-hybridized carbons (Fsp3) is 0.486. The summed E-state index contributed by atoms with van der Waals surface area (Å²) in [6.45, 7) is 14.4. The van der Waals surface area contributed by atoms with Gasteiger partial charge >= 0.3 is 6.18 Å². The third-order valence-electron chi connectivity index (χ3n) is 8.76. The predicted octanol–water partition coefficient (Wildman–Crippen LogP) is 9.04. The van der Waals surface area contributed by atoms with Gasteiger partial charge in [0.15, 0.2) is 5.75 Å². The number of nitrogens with zero attached hydrogens (tertiary/aromatic N) is 4. The number of halogens is 4. The number of benzene rings is 3. The molecule has 4 aromatic rings. The van der Waals surface area contributed by atoms with Crippen LogP contribution in [0.1, 0.15) is 58.4 Å². The van der Waals surface area contributed by atoms with E-state index in [1.165, 1.54) is 18.9 Å². The van der Waals surface area contributed by atoms with E-state index in [1.54, 1.807) is 12.1 Å². The van der Waals surface area contributed by atoms with Crippen molar-refractivity contribution in [3.05, 3.63) is 66.0 Å². The van der Waals surface area contributed by atoms with Gasteiger partial charge in [0.1, 0.15) is 41.0 Å². The maximum atomic E-state index is 13.8. The molecule has 1 aromatic heterocycles. The molecule has 0 atom stereocenters. The Morgan fingerprint density at radius 1 is 0.812 bits per heavy atom. The second-order valence-electron chi connectivity index (χ2n) is 12.1. The number of likely N-dealkylation sites (tertiary alicyclic amines) is 1. The van der Waals surface area contributed by atoms with Crippen LogP contribution in [-0.2, 0) is 12.7 Å². The van der Waals surface area contributed by atoms with E-state index in [2.05, 4.69) is 35.1 Å². The van der Waals surface area contributed by atoms with Gasteiger partial charge in [0.25, 0.3) is 0 Å². The van der Waals surface area contributed by atoms with Crippen LogP contribution >= 0.6 is 0 Å². The molecule has 11 heteroatoms. The Labute approximate surface area is 280 Å². The number of aromatic nitrogens is 2. The number of hydrogen-bond acceptors (Lipinski definition) is 6. The second kappa shape index (κ2) is 16.5. The molecule has 1 aliphatic heterocycles. The van der Waals surface area contributed by atoms with Crippen LogP contribution in [0.2, 0.25) is 0 Å². The number of rotatable bonds is 17. The van der Waals surface area contributed by atoms with Crippen LogP contribution in [0, 0.1) is 5.82 Å². The molecule has 0 radical (unpaired) electrons. The highest BCUT2D eigenvalue weighted by atomic mass is 19.4. The summed E-state index contributed by atoms with van der Waals surface area (Å²) >= 11 is 0. The summed E-state index contributed by atoms with van der Waals surface area (Å²) in [7, 11) is 0. The molecule has 0 bridgehead atoms. The van der Waals surface area contributed by atoms with Crippen molar-refractivity contribution in [2.24, 2.45) is 0 Å². The Balaban J connectivity index is 1.43. The lowest BCUT2D eigenvalue weighted by molar-refractivity contribution is -0.140. The average Bonchev–Trinajstić information content (AvgIpc) is 3.73. The molecular weight excluding hydrogens is 624 g/mol. The summed E-state index contributed by atoms with van der Waals surface area (Å²) in [6, 6.07) is 13.6. The van der Waals surface area contributed by atoms with Crippen LogP contribution in [0.25, 0.3) is 22.4 Å². The molecule has 48 heavy (non-hydrogen) atoms. The molecule has 7 nitrogen and oxygen atoms in total. The van der Waals surface area contributed by atoms with Gasteiger partial charge in [0.2, 0.25) is 0 Å². The van der Waals surface area contributed by atoms with Gasteiger partial charge in [0.05, 0.1) is 17.7 Å². The Morgan fingerprint density at radius 3 is 2.23 bits per heavy atom. The van der Waals surface area contributed by atoms with Crippen molar-refractivity contribution in [3.8, 4) is 34.4 Å². The largest absolute Gasteiger partial charge is 0.492 e. The van der Waals surface area contributed by atoms with Gasteiger partial charge in [-0.05, 0) is 94.3 Å². The van der Waals surface area contributed by atoms with Gasteiger partial charge in [0, 0.05) is 37.3 Å². The Kier molecular flexibility index (Phi) is 12.2. The third kappa shape index (κ3) is 8.99. The molecule has 1 aliphatic rings. The van der Waals surface area contributed by atoms with Crippen LogP contribution < -0.4 is 14.2 Å². The first-order valence-corrected chi connectivity index (χ1v) is 17.1. The summed E-state index contributed by atoms with van der Waals surface area (Å²) in [6.07, 6.45) is 0.449. The van der Waals surface area contributed by atoms with Crippen LogP contribution in [0.15, 0.2) is 54.6 Å². The molecule has 260 valence electrons. The van der Waals surface area contributed by atoms with Crippen molar-refractivity contribution in [1.29, 1.82) is 0 Å². The number of alkyl halides is 3. The zero-order chi connectivity index (χ0) is 34.1. The SMILES string of the molecule is CCCCn1c(-c2ccc(Oc3ccc(F)c(C(F)(F)F)c3)cc2)nc2c(OCCCN(CC)CC)cc(OCCN3CCCC3)cc21. The van der Waals surface area contributed by atoms with Crippen molar-refractivity contribution in [1.82, 2.24) is 19.4 Å². The minimum absolute atomic E-state index is 0.105. The molecule has 0 amide bonds. The summed E-state index contributed by atoms with van der Waals surface area (Å²) in [5, 5.41) is 0. The molecule has 0 saturated carbocycles. The van der Waals surface area contributed by atoms with Crippen molar-refractivity contribution < 1.29 is 31.8 Å². The molecule has 1 saturated heterocycles. The van der Waals surface area contributed by atoms with E-state index in [0.717, 1.165) is 99.3 Å². The highest BCUT2D eigenvalue weighted by Crippen LogP contribution is 2.37. The summed E-state index contributed by atoms with van der Waals surface area (Å²) in [4.78, 5) is 9.87. The summed E-state index contributed by atoms with van der Waals surface area (Å²) < 4.78 is 74.0. The average molecular weight is 671 g/mol. The van der Waals surface area contributed by atoms with Crippen LogP contribution in [-0.4, -0.2) is 71.8 Å². The molecule has 0 spiro atoms. The number of imidazole rings is 1. The highest BCUT2D eigenvalue weighted by molar-refractivity contribution is 5.87. The van der Waals surface area contributed by atoms with E-state index in [0.29, 0.717) is 30.8 Å². The van der Waals surface area contributed by atoms with Gasteiger partial charge in [-0.3, -0.25) is 4.90 Å². The predicted molar refractivity (Wildman–Crippen MR) is 181 cm³/mol. The first kappa shape index (κ1) is 35.5. The zero-order valence-electron chi connectivity index (χ0n) is 28.1. The van der Waals surface area contributed by atoms with E-state index in [-0.39, 0.29) is 5.75 Å². The van der Waals surface area contributed by atoms with E-state index >= 15 is 0 Å². The standard InChI is InChI=1S/C37H46F4N4O3/c1-4-7-20-45-33-25-30(46-23-21-44-17-8-9-18-44)26-34(47-22-10-19-43(5-2)6-3)35(33)42-36(45)27-11-13-28(14-12-27)48-29-15-16-32(38)31(24-29)37(39,40)41/h11-16,24-26H,4-10,17-23H2,1-3H3. The molecule has 1 fully saturated rings. The smallest absolute Gasteiger partial charge is 0.419 e. The lowest BCUT2D eigenvalue weighted by atomic mass is 10.2. The van der Waals surface area contributed by atoms with Gasteiger partial charge in [-0.15, -0.1) is 0 Å². The Morgan fingerprint density at radius 2 is 1.54 bits per heavy atom. The summed E-state index contributed by atoms with van der Waals surface area (Å²) in [5.74, 6) is 1.03. The van der Waals surface area contributed by atoms with Crippen LogP contribution in [0.3, 0.4) is 0 Å². The molecule has 0 aliphatic carbocycles. The van der Waals surface area contributed by atoms with Crippen molar-refractivity contribution in [2.75, 3.05) is 52.5 Å². The number of hydrogen-bond donors (Lipinski definition) is 0. The number of fused-ring (bicyclic) bond motifs is 1. The third-order valence-corrected chi connectivity index (χ3v) is 8.76. The minimum atomic E-state index is -4.82. The first-order chi connectivity index (χ1) is 23.2. The molecule has 0 unspecified atom stereocenters. The van der Waals surface area contributed by atoms with Crippen LogP contribution in [0.5, 0.6) is 23.0 Å². The van der Waals surface area contributed by atoms with Gasteiger partial charge in [-0.2, -0.15) is 13.2 Å². The first-order valence-electron chi connectivity index (χ1n) is 17.1. The minimum Gasteiger partial charge on any atom is -0.492 e. The number of aryl methyl sites for hydroxylation is 1.